The first-order valence-corrected chi connectivity index (χ1v) is 18.9. The molecule has 1 aliphatic carbocycles. The lowest BCUT2D eigenvalue weighted by Crippen LogP contribution is -2.23. The Morgan fingerprint density at radius 1 is 0.547 bits per heavy atom. The Morgan fingerprint density at radius 3 is 1.77 bits per heavy atom. The molecular weight excluding hydrogens is 639 g/mol. The quantitative estimate of drug-likeness (QED) is 0.119. The molecule has 260 valence electrons. The molecule has 1 nitrogen and oxygen atoms in total. The minimum absolute atomic E-state index is 0.137. The molecule has 0 atom stereocenters. The second-order valence-corrected chi connectivity index (χ2v) is 15.3. The maximum atomic E-state index is 5.91. The van der Waals surface area contributed by atoms with Crippen LogP contribution in [0.25, 0.3) is 46.2 Å². The number of hydrogen-bond donors (Lipinski definition) is 1. The first-order chi connectivity index (χ1) is 25.7. The molecule has 53 heavy (non-hydrogen) atoms. The SMILES string of the molecule is Cc1ccc(C(CCc2ccc(/C=C/c3ccc4c(c3)C(C)(C)c3cccc5c(/C=C/c6ccc(N)cc6)ccc-4c35)cc2)c2ccc(C)cc2)cc1. The number of nitrogen functional groups attached to an aromatic ring is 1. The predicted molar refractivity (Wildman–Crippen MR) is 229 cm³/mol. The summed E-state index contributed by atoms with van der Waals surface area (Å²) in [4.78, 5) is 0. The molecule has 7 aromatic rings. The minimum atomic E-state index is -0.137. The second-order valence-electron chi connectivity index (χ2n) is 15.3. The highest BCUT2D eigenvalue weighted by Gasteiger charge is 2.33. The van der Waals surface area contributed by atoms with Crippen LogP contribution in [0, 0.1) is 13.8 Å². The minimum Gasteiger partial charge on any atom is -0.399 e. The Kier molecular flexibility index (Phi) is 9.19. The van der Waals surface area contributed by atoms with Crippen LogP contribution in [0.3, 0.4) is 0 Å². The number of benzene rings is 7. The number of anilines is 1. The smallest absolute Gasteiger partial charge is 0.0314 e. The second kappa shape index (κ2) is 14.2. The van der Waals surface area contributed by atoms with Gasteiger partial charge < -0.3 is 5.73 Å². The molecule has 0 fully saturated rings. The van der Waals surface area contributed by atoms with Crippen molar-refractivity contribution in [3.63, 3.8) is 0 Å². The third-order valence-corrected chi connectivity index (χ3v) is 11.3. The van der Waals surface area contributed by atoms with Gasteiger partial charge in [-0.25, -0.2) is 0 Å². The summed E-state index contributed by atoms with van der Waals surface area (Å²) in [5, 5.41) is 2.65. The molecule has 1 aliphatic rings. The largest absolute Gasteiger partial charge is 0.399 e. The van der Waals surface area contributed by atoms with Crippen molar-refractivity contribution in [2.45, 2.75) is 51.9 Å². The average Bonchev–Trinajstić information content (AvgIpc) is 3.18. The van der Waals surface area contributed by atoms with Crippen LogP contribution in [-0.2, 0) is 11.8 Å². The van der Waals surface area contributed by atoms with E-state index < -0.39 is 0 Å². The molecule has 0 radical (unpaired) electrons. The zero-order valence-corrected chi connectivity index (χ0v) is 31.2. The van der Waals surface area contributed by atoms with Crippen molar-refractivity contribution in [3.8, 4) is 11.1 Å². The van der Waals surface area contributed by atoms with Crippen LogP contribution >= 0.6 is 0 Å². The summed E-state index contributed by atoms with van der Waals surface area (Å²) in [7, 11) is 0. The first-order valence-electron chi connectivity index (χ1n) is 18.9. The van der Waals surface area contributed by atoms with Crippen LogP contribution in [0.1, 0.15) is 87.4 Å². The molecule has 0 spiro atoms. The number of fused-ring (bicyclic) bond motifs is 2. The molecule has 0 amide bonds. The summed E-state index contributed by atoms with van der Waals surface area (Å²) in [5.74, 6) is 0.377. The molecule has 8 rings (SSSR count). The third kappa shape index (κ3) is 7.00. The van der Waals surface area contributed by atoms with Crippen molar-refractivity contribution in [1.29, 1.82) is 0 Å². The van der Waals surface area contributed by atoms with Gasteiger partial charge in [0.25, 0.3) is 0 Å². The van der Waals surface area contributed by atoms with E-state index in [1.165, 1.54) is 77.5 Å². The van der Waals surface area contributed by atoms with E-state index in [9.17, 15) is 0 Å². The summed E-state index contributed by atoms with van der Waals surface area (Å²) >= 11 is 0. The third-order valence-electron chi connectivity index (χ3n) is 11.3. The number of hydrogen-bond acceptors (Lipinski definition) is 1. The van der Waals surface area contributed by atoms with Crippen LogP contribution in [0.15, 0.2) is 146 Å². The van der Waals surface area contributed by atoms with E-state index in [1.807, 2.05) is 12.1 Å². The molecule has 7 aromatic carbocycles. The Hall–Kier alpha value is -5.92. The highest BCUT2D eigenvalue weighted by Crippen LogP contribution is 2.49. The van der Waals surface area contributed by atoms with Crippen LogP contribution in [0.4, 0.5) is 5.69 Å². The van der Waals surface area contributed by atoms with E-state index in [1.54, 1.807) is 0 Å². The normalized spacial score (nSPS) is 13.3. The van der Waals surface area contributed by atoms with Crippen molar-refractivity contribution in [1.82, 2.24) is 0 Å². The lowest BCUT2D eigenvalue weighted by atomic mass is 9.68. The van der Waals surface area contributed by atoms with Crippen LogP contribution in [0.2, 0.25) is 0 Å². The van der Waals surface area contributed by atoms with Gasteiger partial charge in [-0.05, 0) is 111 Å². The number of nitrogens with two attached hydrogens (primary N) is 1. The molecule has 2 N–H and O–H groups in total. The monoisotopic (exact) mass is 685 g/mol. The molecule has 0 aromatic heterocycles. The van der Waals surface area contributed by atoms with Crippen LogP contribution in [0.5, 0.6) is 0 Å². The fourth-order valence-corrected chi connectivity index (χ4v) is 8.10. The average molecular weight is 686 g/mol. The standard InChI is InChI=1S/C52H47N/c1-35-8-23-41(24-9-35)45(42-25-10-36(2)11-26-42)31-21-38-14-12-37(13-15-38)16-17-40-22-32-47-48-33-28-43(27-18-39-19-29-44(53)30-20-39)46-6-5-7-49(51(46)48)52(3,4)50(47)34-40/h5-20,22-30,32-34,45H,21,31,53H2,1-4H3/b17-16+,27-18+. The van der Waals surface area contributed by atoms with E-state index in [0.717, 1.165) is 24.1 Å². The Labute approximate surface area is 315 Å². The predicted octanol–water partition coefficient (Wildman–Crippen LogP) is 13.5. The van der Waals surface area contributed by atoms with Crippen molar-refractivity contribution >= 4 is 40.8 Å². The van der Waals surface area contributed by atoms with E-state index in [4.69, 9.17) is 5.73 Å². The molecule has 0 saturated heterocycles. The first kappa shape index (κ1) is 34.2. The topological polar surface area (TPSA) is 26.0 Å². The van der Waals surface area contributed by atoms with Gasteiger partial charge >= 0.3 is 0 Å². The number of aryl methyl sites for hydroxylation is 3. The number of rotatable bonds is 9. The Morgan fingerprint density at radius 2 is 1.11 bits per heavy atom. The zero-order valence-electron chi connectivity index (χ0n) is 31.2. The molecule has 1 heteroatoms. The highest BCUT2D eigenvalue weighted by atomic mass is 14.5. The summed E-state index contributed by atoms with van der Waals surface area (Å²) < 4.78 is 0. The van der Waals surface area contributed by atoms with Gasteiger partial charge in [-0.15, -0.1) is 0 Å². The van der Waals surface area contributed by atoms with E-state index in [-0.39, 0.29) is 5.41 Å². The van der Waals surface area contributed by atoms with Gasteiger partial charge in [-0.2, -0.15) is 0 Å². The maximum absolute atomic E-state index is 5.91. The van der Waals surface area contributed by atoms with Gasteiger partial charge in [-0.3, -0.25) is 0 Å². The fourth-order valence-electron chi connectivity index (χ4n) is 8.10. The van der Waals surface area contributed by atoms with E-state index in [2.05, 4.69) is 185 Å². The van der Waals surface area contributed by atoms with Gasteiger partial charge in [0.15, 0.2) is 0 Å². The van der Waals surface area contributed by atoms with Gasteiger partial charge in [0.2, 0.25) is 0 Å². The van der Waals surface area contributed by atoms with Gasteiger partial charge in [0.1, 0.15) is 0 Å². The molecule has 0 unspecified atom stereocenters. The van der Waals surface area contributed by atoms with E-state index >= 15 is 0 Å². The lowest BCUT2D eigenvalue weighted by Gasteiger charge is -2.35. The molecular formula is C52H47N. The summed E-state index contributed by atoms with van der Waals surface area (Å²) in [6.07, 6.45) is 11.0. The van der Waals surface area contributed by atoms with Crippen LogP contribution in [-0.4, -0.2) is 0 Å². The van der Waals surface area contributed by atoms with Crippen LogP contribution < -0.4 is 5.73 Å². The van der Waals surface area contributed by atoms with Gasteiger partial charge in [0, 0.05) is 17.0 Å². The Balaban J connectivity index is 1.01. The molecule has 0 saturated carbocycles. The van der Waals surface area contributed by atoms with E-state index in [0.29, 0.717) is 5.92 Å². The van der Waals surface area contributed by atoms with Crippen molar-refractivity contribution < 1.29 is 0 Å². The molecule has 0 aliphatic heterocycles. The van der Waals surface area contributed by atoms with Gasteiger partial charge in [-0.1, -0.05) is 183 Å². The summed E-state index contributed by atoms with van der Waals surface area (Å²) in [6, 6.07) is 53.7. The zero-order chi connectivity index (χ0) is 36.5. The maximum Gasteiger partial charge on any atom is 0.0314 e. The van der Waals surface area contributed by atoms with Crippen molar-refractivity contribution in [2.75, 3.05) is 5.73 Å². The Bertz CT molecular complexity index is 2410. The fraction of sp³-hybridized carbons (Fsp3) is 0.154. The lowest BCUT2D eigenvalue weighted by molar-refractivity contribution is 0.645. The summed E-state index contributed by atoms with van der Waals surface area (Å²) in [6.45, 7) is 9.06. The summed E-state index contributed by atoms with van der Waals surface area (Å²) in [5.41, 5.74) is 23.5. The van der Waals surface area contributed by atoms with Crippen molar-refractivity contribution in [3.05, 3.63) is 207 Å². The van der Waals surface area contributed by atoms with Gasteiger partial charge in [0.05, 0.1) is 0 Å². The highest BCUT2D eigenvalue weighted by molar-refractivity contribution is 6.07. The molecule has 0 bridgehead atoms. The molecule has 0 heterocycles. The van der Waals surface area contributed by atoms with Crippen molar-refractivity contribution in [2.24, 2.45) is 0 Å².